The van der Waals surface area contributed by atoms with Gasteiger partial charge < -0.3 is 0 Å². The Morgan fingerprint density at radius 1 is 0.379 bits per heavy atom. The van der Waals surface area contributed by atoms with Crippen molar-refractivity contribution in [3.8, 4) is 0 Å². The van der Waals surface area contributed by atoms with Crippen LogP contribution in [0.25, 0.3) is 60.5 Å². The number of fused-ring (bicyclic) bond motifs is 13. The van der Waals surface area contributed by atoms with Crippen LogP contribution in [0.2, 0.25) is 0 Å². The average molecular weight is 724 g/mol. The van der Waals surface area contributed by atoms with Gasteiger partial charge in [0.2, 0.25) is 0 Å². The number of benzene rings is 2. The highest BCUT2D eigenvalue weighted by atomic mass is 79.9. The van der Waals surface area contributed by atoms with Crippen LogP contribution in [-0.4, -0.2) is 0 Å². The Morgan fingerprint density at radius 2 is 0.690 bits per heavy atom. The van der Waals surface area contributed by atoms with Crippen molar-refractivity contribution in [2.24, 2.45) is 0 Å². The fourth-order valence-electron chi connectivity index (χ4n) is 4.14. The third-order valence-corrected chi connectivity index (χ3v) is 13.3. The van der Waals surface area contributed by atoms with Crippen molar-refractivity contribution in [1.29, 1.82) is 0 Å². The summed E-state index contributed by atoms with van der Waals surface area (Å²) in [5, 5.41) is 8.24. The van der Waals surface area contributed by atoms with Gasteiger partial charge in [-0.15, -0.1) is 56.7 Å². The molecule has 0 unspecified atom stereocenters. The van der Waals surface area contributed by atoms with E-state index in [1.165, 1.54) is 75.7 Å². The van der Waals surface area contributed by atoms with Crippen molar-refractivity contribution in [2.45, 2.75) is 0 Å². The third-order valence-electron chi connectivity index (χ3n) is 5.16. The normalized spacial score (nSPS) is 12.8. The van der Waals surface area contributed by atoms with Crippen LogP contribution in [0, 0.1) is 0 Å². The van der Waals surface area contributed by atoms with Crippen LogP contribution in [0.4, 0.5) is 0 Å². The van der Waals surface area contributed by atoms with Crippen LogP contribution >= 0.6 is 120 Å². The van der Waals surface area contributed by atoms with Crippen LogP contribution in [0.15, 0.2) is 39.4 Å². The van der Waals surface area contributed by atoms with E-state index < -0.39 is 0 Å². The Balaban J connectivity index is 1.92. The molecule has 0 saturated heterocycles. The first-order chi connectivity index (χ1) is 14.0. The Labute approximate surface area is 217 Å². The number of halogens is 4. The van der Waals surface area contributed by atoms with Gasteiger partial charge in [-0.05, 0) is 88.0 Å². The molecule has 0 nitrogen and oxygen atoms in total. The maximum Gasteiger partial charge on any atom is 0.0711 e. The molecule has 0 spiro atoms. The minimum atomic E-state index is 1.19. The molecular weight excluding hydrogens is 720 g/mol. The van der Waals surface area contributed by atoms with E-state index in [1.807, 2.05) is 56.7 Å². The molecule has 0 fully saturated rings. The first-order valence-corrected chi connectivity index (χ1v) is 15.6. The molecule has 5 aromatic heterocycles. The molecule has 0 aliphatic rings. The summed E-state index contributed by atoms with van der Waals surface area (Å²) in [5.74, 6) is 0. The first kappa shape index (κ1) is 18.9. The van der Waals surface area contributed by atoms with Gasteiger partial charge in [-0.2, -0.15) is 0 Å². The molecule has 0 aliphatic heterocycles. The van der Waals surface area contributed by atoms with E-state index in [4.69, 9.17) is 0 Å². The zero-order valence-electron chi connectivity index (χ0n) is 13.9. The minimum Gasteiger partial charge on any atom is -0.132 e. The van der Waals surface area contributed by atoms with E-state index in [-0.39, 0.29) is 0 Å². The van der Waals surface area contributed by atoms with Gasteiger partial charge in [0, 0.05) is 41.7 Å². The molecule has 9 heteroatoms. The lowest BCUT2D eigenvalue weighted by Gasteiger charge is -2.00. The van der Waals surface area contributed by atoms with Crippen LogP contribution < -0.4 is 0 Å². The topological polar surface area (TPSA) is 0 Å². The van der Waals surface area contributed by atoms with Crippen LogP contribution in [0.3, 0.4) is 0 Å². The van der Waals surface area contributed by atoms with Crippen LogP contribution in [0.5, 0.6) is 0 Å². The van der Waals surface area contributed by atoms with Gasteiger partial charge in [0.25, 0.3) is 0 Å². The largest absolute Gasteiger partial charge is 0.132 e. The van der Waals surface area contributed by atoms with Gasteiger partial charge in [0.1, 0.15) is 0 Å². The summed E-state index contributed by atoms with van der Waals surface area (Å²) in [5.41, 5.74) is 0. The predicted octanol–water partition coefficient (Wildman–Crippen LogP) is 12.0. The molecule has 7 rings (SSSR count). The molecule has 2 aromatic carbocycles. The monoisotopic (exact) mass is 720 g/mol. The summed E-state index contributed by atoms with van der Waals surface area (Å²) < 4.78 is 13.1. The standard InChI is InChI=1S/C20H4Br4S5/c21-9-1-5-7-3-11(23)27-17(7)19-13(15(5)25-9)14-16-6(2-10(22)26-16)8-4-12(24)28-18(8)20(14)29-19/h1-4H. The van der Waals surface area contributed by atoms with Crippen molar-refractivity contribution in [2.75, 3.05) is 0 Å². The quantitative estimate of drug-likeness (QED) is 0.146. The van der Waals surface area contributed by atoms with Gasteiger partial charge in [0.05, 0.1) is 33.9 Å². The third kappa shape index (κ3) is 2.54. The van der Waals surface area contributed by atoms with Crippen molar-refractivity contribution < 1.29 is 0 Å². The Bertz CT molecular complexity index is 1680. The second-order valence-corrected chi connectivity index (χ2v) is 17.4. The van der Waals surface area contributed by atoms with Gasteiger partial charge >= 0.3 is 0 Å². The van der Waals surface area contributed by atoms with E-state index in [0.29, 0.717) is 0 Å². The molecule has 0 amide bonds. The highest BCUT2D eigenvalue weighted by Crippen LogP contribution is 2.55. The second kappa shape index (κ2) is 6.48. The molecule has 5 heterocycles. The lowest BCUT2D eigenvalue weighted by molar-refractivity contribution is 2.04. The lowest BCUT2D eigenvalue weighted by Crippen LogP contribution is -1.72. The van der Waals surface area contributed by atoms with Gasteiger partial charge in [-0.25, -0.2) is 0 Å². The van der Waals surface area contributed by atoms with Crippen molar-refractivity contribution in [1.82, 2.24) is 0 Å². The lowest BCUT2D eigenvalue weighted by atomic mass is 10.1. The molecule has 0 atom stereocenters. The summed E-state index contributed by atoms with van der Waals surface area (Å²) in [7, 11) is 0. The van der Waals surface area contributed by atoms with E-state index in [9.17, 15) is 0 Å². The van der Waals surface area contributed by atoms with Crippen LogP contribution in [0.1, 0.15) is 0 Å². The van der Waals surface area contributed by atoms with E-state index in [0.717, 1.165) is 0 Å². The van der Waals surface area contributed by atoms with E-state index in [1.54, 1.807) is 0 Å². The molecule has 0 aliphatic carbocycles. The zero-order chi connectivity index (χ0) is 19.6. The van der Waals surface area contributed by atoms with Crippen LogP contribution in [-0.2, 0) is 0 Å². The number of hydrogen-bond donors (Lipinski definition) is 0. The van der Waals surface area contributed by atoms with Gasteiger partial charge in [-0.3, -0.25) is 0 Å². The summed E-state index contributed by atoms with van der Waals surface area (Å²) in [6.45, 7) is 0. The van der Waals surface area contributed by atoms with Gasteiger partial charge in [0.15, 0.2) is 0 Å². The molecule has 0 saturated carbocycles. The van der Waals surface area contributed by atoms with Crippen molar-refractivity contribution in [3.05, 3.63) is 39.4 Å². The minimum absolute atomic E-state index is 1.19. The zero-order valence-corrected chi connectivity index (χ0v) is 24.3. The molecule has 29 heavy (non-hydrogen) atoms. The summed E-state index contributed by atoms with van der Waals surface area (Å²) >= 11 is 24.3. The summed E-state index contributed by atoms with van der Waals surface area (Å²) in [6, 6.07) is 9.12. The SMILES string of the molecule is Brc1cc2c3cc(Br)sc3c3c(sc4c5sc(Br)cc5c5cc(Br)sc5c43)c2s1. The predicted molar refractivity (Wildman–Crippen MR) is 152 cm³/mol. The molecule has 0 radical (unpaired) electrons. The van der Waals surface area contributed by atoms with Gasteiger partial charge in [-0.1, -0.05) is 0 Å². The first-order valence-electron chi connectivity index (χ1n) is 8.36. The molecule has 7 aromatic rings. The smallest absolute Gasteiger partial charge is 0.0711 e. The fraction of sp³-hybridized carbons (Fsp3) is 0. The summed E-state index contributed by atoms with van der Waals surface area (Å²) in [6.07, 6.45) is 0. The number of rotatable bonds is 0. The average Bonchev–Trinajstić information content (AvgIpc) is 3.41. The molecule has 142 valence electrons. The highest BCUT2D eigenvalue weighted by molar-refractivity contribution is 9.11. The highest BCUT2D eigenvalue weighted by Gasteiger charge is 2.23. The Kier molecular flexibility index (Phi) is 4.23. The fourth-order valence-corrected chi connectivity index (χ4v) is 12.5. The van der Waals surface area contributed by atoms with Crippen molar-refractivity contribution in [3.63, 3.8) is 0 Å². The Morgan fingerprint density at radius 3 is 1.07 bits per heavy atom. The van der Waals surface area contributed by atoms with Crippen molar-refractivity contribution >= 4 is 181 Å². The maximum atomic E-state index is 3.76. The molecule has 0 N–H and O–H groups in total. The summed E-state index contributed by atoms with van der Waals surface area (Å²) in [4.78, 5) is 0. The Hall–Kier alpha value is 0.420. The molecule has 0 bridgehead atoms. The van der Waals surface area contributed by atoms with E-state index in [2.05, 4.69) is 88.0 Å². The number of thiophene rings is 5. The second-order valence-electron chi connectivity index (χ2n) is 6.68. The van der Waals surface area contributed by atoms with E-state index >= 15 is 0 Å². The number of hydrogen-bond acceptors (Lipinski definition) is 5. The molecular formula is C20H4Br4S5. The maximum absolute atomic E-state index is 3.76.